The van der Waals surface area contributed by atoms with Crippen LogP contribution in [0, 0.1) is 0 Å². The molecule has 0 aromatic rings. The second kappa shape index (κ2) is 5.35. The molecule has 0 aliphatic rings. The average molecular weight is 262 g/mol. The van der Waals surface area contributed by atoms with Gasteiger partial charge in [-0.05, 0) is 6.42 Å². The molecule has 10 heteroatoms. The van der Waals surface area contributed by atoms with Crippen LogP contribution in [0.1, 0.15) is 6.42 Å². The number of hydrogen-bond donors (Lipinski definition) is 4. The van der Waals surface area contributed by atoms with Gasteiger partial charge < -0.3 is 14.4 Å². The van der Waals surface area contributed by atoms with Crippen molar-refractivity contribution in [1.29, 1.82) is 0 Å². The van der Waals surface area contributed by atoms with Gasteiger partial charge in [0.2, 0.25) is 0 Å². The SMILES string of the molecule is O=S(=O)(O)CCC([SiH2]O)([SiH2]O)[SiH2]O. The third-order valence-electron chi connectivity index (χ3n) is 1.90. The number of rotatable bonds is 6. The Balaban J connectivity index is 4.27. The minimum Gasteiger partial charge on any atom is -0.438 e. The molecular formula is C3H14O6SSi3. The summed E-state index contributed by atoms with van der Waals surface area (Å²) in [5.74, 6) is -0.484. The average Bonchev–Trinajstić information content (AvgIpc) is 2.06. The van der Waals surface area contributed by atoms with Crippen LogP contribution in [0.2, 0.25) is 4.28 Å². The van der Waals surface area contributed by atoms with Crippen LogP contribution in [0.15, 0.2) is 0 Å². The number of hydrogen-bond acceptors (Lipinski definition) is 5. The van der Waals surface area contributed by atoms with Crippen molar-refractivity contribution in [1.82, 2.24) is 0 Å². The molecule has 0 fully saturated rings. The minimum absolute atomic E-state index is 0.000000000000000222. The van der Waals surface area contributed by atoms with Crippen LogP contribution >= 0.6 is 0 Å². The predicted octanol–water partition coefficient (Wildman–Crippen LogP) is -4.43. The molecule has 0 radical (unpaired) electrons. The third-order valence-corrected chi connectivity index (χ3v) is 9.71. The maximum Gasteiger partial charge on any atom is 0.264 e. The van der Waals surface area contributed by atoms with Crippen molar-refractivity contribution in [3.05, 3.63) is 0 Å². The van der Waals surface area contributed by atoms with Crippen molar-refractivity contribution in [2.75, 3.05) is 5.75 Å². The van der Waals surface area contributed by atoms with E-state index in [9.17, 15) is 8.42 Å². The van der Waals surface area contributed by atoms with Gasteiger partial charge in [0.25, 0.3) is 10.1 Å². The van der Waals surface area contributed by atoms with Gasteiger partial charge in [0.15, 0.2) is 29.3 Å². The molecule has 0 aliphatic heterocycles. The van der Waals surface area contributed by atoms with E-state index in [4.69, 9.17) is 18.9 Å². The fraction of sp³-hybridized carbons (Fsp3) is 1.00. The molecule has 0 unspecified atom stereocenters. The first-order valence-corrected chi connectivity index (χ1v) is 9.30. The van der Waals surface area contributed by atoms with Crippen LogP contribution in [0.25, 0.3) is 0 Å². The lowest BCUT2D eigenvalue weighted by molar-refractivity contribution is 0.476. The summed E-state index contributed by atoms with van der Waals surface area (Å²) in [7, 11) is -8.85. The second-order valence-electron chi connectivity index (χ2n) is 3.01. The Bertz CT molecular complexity index is 227. The molecule has 6 nitrogen and oxygen atoms in total. The lowest BCUT2D eigenvalue weighted by Crippen LogP contribution is -2.35. The second-order valence-corrected chi connectivity index (χ2v) is 13.0. The van der Waals surface area contributed by atoms with E-state index in [-0.39, 0.29) is 6.42 Å². The molecule has 0 heterocycles. The van der Waals surface area contributed by atoms with Crippen molar-refractivity contribution in [2.45, 2.75) is 10.7 Å². The summed E-state index contributed by atoms with van der Waals surface area (Å²) in [6.45, 7) is 0. The molecule has 0 spiro atoms. The monoisotopic (exact) mass is 262 g/mol. The van der Waals surface area contributed by atoms with E-state index in [1.165, 1.54) is 0 Å². The van der Waals surface area contributed by atoms with Gasteiger partial charge in [-0.15, -0.1) is 0 Å². The van der Waals surface area contributed by atoms with Crippen molar-refractivity contribution in [2.24, 2.45) is 0 Å². The maximum absolute atomic E-state index is 10.4. The van der Waals surface area contributed by atoms with Crippen molar-refractivity contribution in [3.8, 4) is 0 Å². The van der Waals surface area contributed by atoms with Crippen LogP contribution < -0.4 is 0 Å². The zero-order valence-electron chi connectivity index (χ0n) is 7.05. The molecule has 0 atom stereocenters. The first-order chi connectivity index (χ1) is 5.89. The summed E-state index contributed by atoms with van der Waals surface area (Å²) in [6, 6.07) is 0. The van der Waals surface area contributed by atoms with Crippen molar-refractivity contribution >= 4 is 39.4 Å². The van der Waals surface area contributed by atoms with Gasteiger partial charge >= 0.3 is 0 Å². The van der Waals surface area contributed by atoms with Gasteiger partial charge in [0.1, 0.15) is 0 Å². The molecule has 0 aromatic carbocycles. The van der Waals surface area contributed by atoms with Crippen LogP contribution in [0.5, 0.6) is 0 Å². The summed E-state index contributed by atoms with van der Waals surface area (Å²) in [6.07, 6.45) is 0.000000000000000222. The summed E-state index contributed by atoms with van der Waals surface area (Å²) in [5, 5.41) is 0. The van der Waals surface area contributed by atoms with Crippen LogP contribution in [0.4, 0.5) is 0 Å². The summed E-state index contributed by atoms with van der Waals surface area (Å²) in [4.78, 5) is 27.0. The lowest BCUT2D eigenvalue weighted by Gasteiger charge is -2.24. The molecule has 4 N–H and O–H groups in total. The predicted molar refractivity (Wildman–Crippen MR) is 56.0 cm³/mol. The molecule has 0 aliphatic carbocycles. The van der Waals surface area contributed by atoms with Crippen molar-refractivity contribution < 1.29 is 27.4 Å². The van der Waals surface area contributed by atoms with E-state index in [2.05, 4.69) is 0 Å². The Morgan fingerprint density at radius 1 is 1.08 bits per heavy atom. The highest BCUT2D eigenvalue weighted by Crippen LogP contribution is 2.24. The first-order valence-electron chi connectivity index (χ1n) is 3.67. The Morgan fingerprint density at radius 3 is 1.69 bits per heavy atom. The zero-order valence-corrected chi connectivity index (χ0v) is 12.1. The summed E-state index contributed by atoms with van der Waals surface area (Å²) < 4.78 is 28.4. The molecule has 0 bridgehead atoms. The zero-order chi connectivity index (χ0) is 10.5. The van der Waals surface area contributed by atoms with Gasteiger partial charge in [-0.3, -0.25) is 4.55 Å². The summed E-state index contributed by atoms with van der Waals surface area (Å²) >= 11 is 0. The molecule has 0 amide bonds. The van der Waals surface area contributed by atoms with Gasteiger partial charge in [0.05, 0.1) is 5.75 Å². The van der Waals surface area contributed by atoms with Gasteiger partial charge in [-0.25, -0.2) is 0 Å². The molecule has 0 saturated heterocycles. The quantitative estimate of drug-likeness (QED) is 0.284. The minimum atomic E-state index is -4.05. The van der Waals surface area contributed by atoms with Crippen molar-refractivity contribution in [3.63, 3.8) is 0 Å². The molecule has 0 aromatic heterocycles. The summed E-state index contributed by atoms with van der Waals surface area (Å²) in [5.41, 5.74) is 0. The smallest absolute Gasteiger partial charge is 0.264 e. The highest BCUT2D eigenvalue weighted by molar-refractivity contribution is 7.85. The Kier molecular flexibility index (Phi) is 5.53. The topological polar surface area (TPSA) is 115 Å². The molecule has 80 valence electrons. The van der Waals surface area contributed by atoms with E-state index in [1.54, 1.807) is 0 Å². The van der Waals surface area contributed by atoms with Crippen LogP contribution in [-0.4, -0.2) is 62.4 Å². The largest absolute Gasteiger partial charge is 0.438 e. The van der Waals surface area contributed by atoms with E-state index < -0.39 is 49.4 Å². The highest BCUT2D eigenvalue weighted by Gasteiger charge is 2.31. The van der Waals surface area contributed by atoms with Gasteiger partial charge in [-0.1, -0.05) is 0 Å². The molecule has 0 rings (SSSR count). The standard InChI is InChI=1S/C3H14O6SSi3/c4-10(5,6)2-1-3(11-7,12-8)13-9/h7-9H,1-2,11-13H2,(H,4,5,6). The van der Waals surface area contributed by atoms with E-state index >= 15 is 0 Å². The van der Waals surface area contributed by atoms with Gasteiger partial charge in [-0.2, -0.15) is 8.42 Å². The molecule has 0 saturated carbocycles. The lowest BCUT2D eigenvalue weighted by atomic mass is 10.5. The first kappa shape index (κ1) is 13.4. The van der Waals surface area contributed by atoms with E-state index in [0.717, 1.165) is 0 Å². The van der Waals surface area contributed by atoms with Gasteiger partial charge in [0, 0.05) is 4.28 Å². The maximum atomic E-state index is 10.4. The third kappa shape index (κ3) is 5.02. The Hall–Kier alpha value is 0.441. The fourth-order valence-electron chi connectivity index (χ4n) is 0.733. The normalized spacial score (nSPS) is 19.7. The Morgan fingerprint density at radius 2 is 1.46 bits per heavy atom. The molecular weight excluding hydrogens is 248 g/mol. The van der Waals surface area contributed by atoms with E-state index in [0.29, 0.717) is 0 Å². The van der Waals surface area contributed by atoms with Crippen LogP contribution in [-0.2, 0) is 10.1 Å². The Labute approximate surface area is 83.6 Å². The highest BCUT2D eigenvalue weighted by atomic mass is 32.2. The van der Waals surface area contributed by atoms with E-state index in [1.807, 2.05) is 0 Å². The van der Waals surface area contributed by atoms with Crippen LogP contribution in [0.3, 0.4) is 0 Å². The molecule has 13 heavy (non-hydrogen) atoms. The fourth-order valence-corrected chi connectivity index (χ4v) is 4.40.